The smallest absolute Gasteiger partial charge is 0.278 e. The Kier molecular flexibility index (Phi) is 5.98. The summed E-state index contributed by atoms with van der Waals surface area (Å²) < 4.78 is 22.0. The highest BCUT2D eigenvalue weighted by Gasteiger charge is 2.39. The van der Waals surface area contributed by atoms with Crippen LogP contribution >= 0.6 is 11.6 Å². The molecule has 2 bridgehead atoms. The fraction of sp³-hybridized carbons (Fsp3) is 0.231. The van der Waals surface area contributed by atoms with E-state index in [4.69, 9.17) is 16.3 Å². The summed E-state index contributed by atoms with van der Waals surface area (Å²) in [6, 6.07) is 12.6. The van der Waals surface area contributed by atoms with Gasteiger partial charge in [-0.1, -0.05) is 54.9 Å². The van der Waals surface area contributed by atoms with Gasteiger partial charge < -0.3 is 14.7 Å². The first-order chi connectivity index (χ1) is 16.9. The summed E-state index contributed by atoms with van der Waals surface area (Å²) in [5.74, 6) is -1.51. The first kappa shape index (κ1) is 23.0. The molecule has 3 heterocycles. The van der Waals surface area contributed by atoms with Gasteiger partial charge in [0.2, 0.25) is 5.43 Å². The van der Waals surface area contributed by atoms with Gasteiger partial charge >= 0.3 is 0 Å². The minimum atomic E-state index is -0.649. The first-order valence-corrected chi connectivity index (χ1v) is 11.6. The predicted octanol–water partition coefficient (Wildman–Crippen LogP) is 4.21. The van der Waals surface area contributed by atoms with Gasteiger partial charge in [0, 0.05) is 17.8 Å². The number of fused-ring (bicyclic) bond motifs is 5. The van der Waals surface area contributed by atoms with Crippen molar-refractivity contribution in [2.75, 3.05) is 18.3 Å². The van der Waals surface area contributed by atoms with Crippen molar-refractivity contribution in [1.29, 1.82) is 0 Å². The van der Waals surface area contributed by atoms with Gasteiger partial charge in [-0.25, -0.2) is 4.39 Å². The fourth-order valence-corrected chi connectivity index (χ4v) is 4.90. The molecule has 0 radical (unpaired) electrons. The van der Waals surface area contributed by atoms with Crippen LogP contribution in [0.25, 0.3) is 0 Å². The number of aromatic hydroxyl groups is 1. The van der Waals surface area contributed by atoms with Gasteiger partial charge in [-0.15, -0.1) is 0 Å². The third-order valence-corrected chi connectivity index (χ3v) is 6.73. The molecule has 1 aromatic heterocycles. The molecule has 0 aliphatic carbocycles. The predicted molar refractivity (Wildman–Crippen MR) is 130 cm³/mol. The molecule has 2 aromatic carbocycles. The second kappa shape index (κ2) is 9.11. The molecule has 1 amide bonds. The molecule has 180 valence electrons. The van der Waals surface area contributed by atoms with E-state index in [1.54, 1.807) is 17.0 Å². The van der Waals surface area contributed by atoms with Crippen LogP contribution in [0, 0.1) is 5.82 Å². The highest BCUT2D eigenvalue weighted by atomic mass is 35.5. The van der Waals surface area contributed by atoms with Crippen LogP contribution in [0.1, 0.15) is 41.0 Å². The number of pyridine rings is 1. The lowest BCUT2D eigenvalue weighted by Gasteiger charge is -2.45. The summed E-state index contributed by atoms with van der Waals surface area (Å²) in [4.78, 5) is 27.5. The van der Waals surface area contributed by atoms with Gasteiger partial charge in [0.05, 0.1) is 6.04 Å². The number of hydrogen-bond donors (Lipinski definition) is 1. The summed E-state index contributed by atoms with van der Waals surface area (Å²) >= 11 is 6.39. The Hall–Kier alpha value is -3.78. The molecule has 35 heavy (non-hydrogen) atoms. The minimum absolute atomic E-state index is 0.117. The van der Waals surface area contributed by atoms with Crippen LogP contribution < -0.4 is 15.2 Å². The second-order valence-electron chi connectivity index (χ2n) is 8.39. The van der Waals surface area contributed by atoms with E-state index in [1.165, 1.54) is 23.0 Å². The molecule has 3 aromatic rings. The zero-order valence-electron chi connectivity index (χ0n) is 18.9. The van der Waals surface area contributed by atoms with Gasteiger partial charge in [-0.05, 0) is 30.2 Å². The number of carbonyl (C=O) groups excluding carboxylic acids is 1. The zero-order chi connectivity index (χ0) is 24.7. The molecule has 9 heteroatoms. The van der Waals surface area contributed by atoms with Crippen LogP contribution in [0.3, 0.4) is 0 Å². The van der Waals surface area contributed by atoms with Crippen LogP contribution in [0.4, 0.5) is 4.39 Å². The maximum atomic E-state index is 14.5. The van der Waals surface area contributed by atoms with Crippen molar-refractivity contribution in [3.8, 4) is 11.5 Å². The number of aromatic nitrogens is 1. The van der Waals surface area contributed by atoms with E-state index in [1.807, 2.05) is 48.3 Å². The highest BCUT2D eigenvalue weighted by Crippen LogP contribution is 2.41. The standard InChI is InChI=1S/C26H23ClFN3O4/c1-2-17-9-6-14-35-25-18(10-11-19(28)21(25)27)22(16-7-4-3-5-8-16)31-15-29(17)26(34)23-24(33)20(32)12-13-30(23)31/h3-13,17,22,33H,2,14-15H2,1H3/b9-6+/t17-,22?/m1/s1. The fourth-order valence-electron chi connectivity index (χ4n) is 4.68. The van der Waals surface area contributed by atoms with Crippen LogP contribution in [0.5, 0.6) is 11.5 Å². The Labute approximate surface area is 206 Å². The molecule has 5 rings (SSSR count). The van der Waals surface area contributed by atoms with E-state index in [-0.39, 0.29) is 35.8 Å². The molecule has 0 saturated heterocycles. The average molecular weight is 496 g/mol. The van der Waals surface area contributed by atoms with E-state index >= 15 is 0 Å². The number of ether oxygens (including phenoxy) is 1. The minimum Gasteiger partial charge on any atom is -0.502 e. The Morgan fingerprint density at radius 3 is 2.66 bits per heavy atom. The SMILES string of the molecule is CC[C@@H]1/C=C/COc2c(ccc(F)c2Cl)C(c2ccccc2)N2CN1C(=O)c1c(O)c(=O)ccn12. The molecule has 1 N–H and O–H groups in total. The molecule has 2 aliphatic heterocycles. The summed E-state index contributed by atoms with van der Waals surface area (Å²) in [6.45, 7) is 2.19. The normalized spacial score (nSPS) is 20.4. The number of benzene rings is 2. The van der Waals surface area contributed by atoms with Crippen molar-refractivity contribution in [3.63, 3.8) is 0 Å². The van der Waals surface area contributed by atoms with Crippen molar-refractivity contribution in [3.05, 3.63) is 105 Å². The van der Waals surface area contributed by atoms with Crippen LogP contribution in [0.15, 0.2) is 71.7 Å². The lowest BCUT2D eigenvalue weighted by atomic mass is 9.96. The van der Waals surface area contributed by atoms with Crippen LogP contribution in [0.2, 0.25) is 5.02 Å². The van der Waals surface area contributed by atoms with E-state index in [2.05, 4.69) is 0 Å². The summed E-state index contributed by atoms with van der Waals surface area (Å²) in [7, 11) is 0. The molecule has 0 spiro atoms. The molecular formula is C26H23ClFN3O4. The first-order valence-electron chi connectivity index (χ1n) is 11.3. The number of nitrogens with zero attached hydrogens (tertiary/aromatic N) is 3. The maximum absolute atomic E-state index is 14.5. The molecule has 7 nitrogen and oxygen atoms in total. The number of rotatable bonds is 2. The number of carbonyl (C=O) groups is 1. The molecule has 0 saturated carbocycles. The van der Waals surface area contributed by atoms with Gasteiger partial charge in [0.25, 0.3) is 5.91 Å². The van der Waals surface area contributed by atoms with Crippen molar-refractivity contribution in [2.24, 2.45) is 0 Å². The monoisotopic (exact) mass is 495 g/mol. The Balaban J connectivity index is 1.84. The van der Waals surface area contributed by atoms with Crippen molar-refractivity contribution >= 4 is 17.5 Å². The third-order valence-electron chi connectivity index (χ3n) is 6.38. The Morgan fingerprint density at radius 1 is 1.14 bits per heavy atom. The maximum Gasteiger partial charge on any atom is 0.278 e. The summed E-state index contributed by atoms with van der Waals surface area (Å²) in [5.41, 5.74) is 0.610. The van der Waals surface area contributed by atoms with Crippen LogP contribution in [-0.4, -0.2) is 39.9 Å². The molecule has 1 unspecified atom stereocenters. The van der Waals surface area contributed by atoms with E-state index in [0.717, 1.165) is 5.56 Å². The highest BCUT2D eigenvalue weighted by molar-refractivity contribution is 6.32. The molecule has 2 aliphatic rings. The van der Waals surface area contributed by atoms with Gasteiger partial charge in [0.1, 0.15) is 35.9 Å². The van der Waals surface area contributed by atoms with Gasteiger partial charge in [-0.3, -0.25) is 19.3 Å². The summed E-state index contributed by atoms with van der Waals surface area (Å²) in [6.07, 6.45) is 5.64. The largest absolute Gasteiger partial charge is 0.502 e. The van der Waals surface area contributed by atoms with Crippen LogP contribution in [-0.2, 0) is 0 Å². The second-order valence-corrected chi connectivity index (χ2v) is 8.76. The molecular weight excluding hydrogens is 473 g/mol. The lowest BCUT2D eigenvalue weighted by Crippen LogP contribution is -2.57. The van der Waals surface area contributed by atoms with E-state index in [9.17, 15) is 19.1 Å². The van der Waals surface area contributed by atoms with Gasteiger partial charge in [-0.2, -0.15) is 0 Å². The third kappa shape index (κ3) is 3.83. The molecule has 2 atom stereocenters. The van der Waals surface area contributed by atoms with Gasteiger partial charge in [0.15, 0.2) is 11.4 Å². The topological polar surface area (TPSA) is 75.0 Å². The summed E-state index contributed by atoms with van der Waals surface area (Å²) in [5, 5.41) is 12.4. The lowest BCUT2D eigenvalue weighted by molar-refractivity contribution is 0.0626. The van der Waals surface area contributed by atoms with E-state index < -0.39 is 28.9 Å². The van der Waals surface area contributed by atoms with Crippen molar-refractivity contribution in [1.82, 2.24) is 9.58 Å². The van der Waals surface area contributed by atoms with Crippen molar-refractivity contribution < 1.29 is 19.0 Å². The van der Waals surface area contributed by atoms with Crippen molar-refractivity contribution in [2.45, 2.75) is 25.4 Å². The number of halogens is 2. The Morgan fingerprint density at radius 2 is 1.91 bits per heavy atom. The zero-order valence-corrected chi connectivity index (χ0v) is 19.7. The van der Waals surface area contributed by atoms with E-state index in [0.29, 0.717) is 12.0 Å². The average Bonchev–Trinajstić information content (AvgIpc) is 2.89. The number of amides is 1. The Bertz CT molecular complexity index is 1380. The molecule has 0 fully saturated rings. The number of hydrogen-bond acceptors (Lipinski definition) is 5. The quantitative estimate of drug-likeness (QED) is 0.539.